The molecule has 0 aliphatic heterocycles. The number of benzene rings is 1. The predicted octanol–water partition coefficient (Wildman–Crippen LogP) is 3.88. The Kier molecular flexibility index (Phi) is 3.63. The number of hydrogen-bond acceptors (Lipinski definition) is 1. The van der Waals surface area contributed by atoms with E-state index in [1.165, 1.54) is 16.3 Å². The van der Waals surface area contributed by atoms with Crippen molar-refractivity contribution in [1.29, 1.82) is 0 Å². The molecule has 0 aliphatic carbocycles. The highest BCUT2D eigenvalue weighted by molar-refractivity contribution is 5.82. The van der Waals surface area contributed by atoms with Crippen LogP contribution in [-0.2, 0) is 0 Å². The van der Waals surface area contributed by atoms with Gasteiger partial charge < -0.3 is 0 Å². The van der Waals surface area contributed by atoms with E-state index in [4.69, 9.17) is 0 Å². The van der Waals surface area contributed by atoms with E-state index in [1.54, 1.807) is 0 Å². The molecule has 1 heterocycles. The summed E-state index contributed by atoms with van der Waals surface area (Å²) in [6, 6.07) is 8.52. The first-order chi connectivity index (χ1) is 6.75. The van der Waals surface area contributed by atoms with Gasteiger partial charge in [-0.15, -0.1) is 0 Å². The standard InChI is InChI=1S/C11H11N.C2H6/c1-8-3-4-10-7-12-9(2)6-11(10)5-8;1-2/h3-7H,1-2H3;1-2H3. The van der Waals surface area contributed by atoms with Crippen LogP contribution in [0.25, 0.3) is 10.8 Å². The zero-order valence-electron chi connectivity index (χ0n) is 9.33. The highest BCUT2D eigenvalue weighted by Crippen LogP contribution is 2.15. The van der Waals surface area contributed by atoms with Crippen LogP contribution in [-0.4, -0.2) is 4.98 Å². The molecule has 0 saturated carbocycles. The Morgan fingerprint density at radius 3 is 2.36 bits per heavy atom. The number of fused-ring (bicyclic) bond motifs is 1. The Bertz CT molecular complexity index is 382. The topological polar surface area (TPSA) is 12.9 Å². The molecule has 0 bridgehead atoms. The highest BCUT2D eigenvalue weighted by Gasteiger charge is 1.93. The van der Waals surface area contributed by atoms with Crippen LogP contribution in [0.1, 0.15) is 25.1 Å². The lowest BCUT2D eigenvalue weighted by Crippen LogP contribution is -1.81. The molecular weight excluding hydrogens is 170 g/mol. The number of rotatable bonds is 0. The molecule has 74 valence electrons. The molecule has 1 aromatic carbocycles. The zero-order chi connectivity index (χ0) is 10.6. The summed E-state index contributed by atoms with van der Waals surface area (Å²) in [4.78, 5) is 4.24. The average Bonchev–Trinajstić information content (AvgIpc) is 2.20. The Morgan fingerprint density at radius 1 is 0.929 bits per heavy atom. The summed E-state index contributed by atoms with van der Waals surface area (Å²) in [5.41, 5.74) is 2.38. The summed E-state index contributed by atoms with van der Waals surface area (Å²) in [5, 5.41) is 2.49. The van der Waals surface area contributed by atoms with Crippen molar-refractivity contribution < 1.29 is 0 Å². The average molecular weight is 187 g/mol. The number of pyridine rings is 1. The molecule has 0 aliphatic rings. The van der Waals surface area contributed by atoms with Gasteiger partial charge in [-0.1, -0.05) is 37.6 Å². The highest BCUT2D eigenvalue weighted by atomic mass is 14.6. The van der Waals surface area contributed by atoms with Gasteiger partial charge in [-0.05, 0) is 25.3 Å². The largest absolute Gasteiger partial charge is 0.261 e. The van der Waals surface area contributed by atoms with E-state index >= 15 is 0 Å². The van der Waals surface area contributed by atoms with Crippen LogP contribution in [0, 0.1) is 13.8 Å². The summed E-state index contributed by atoms with van der Waals surface area (Å²) in [7, 11) is 0. The Hall–Kier alpha value is -1.37. The fourth-order valence-corrected chi connectivity index (χ4v) is 1.37. The Balaban J connectivity index is 0.000000461. The maximum Gasteiger partial charge on any atom is 0.0379 e. The van der Waals surface area contributed by atoms with E-state index in [0.717, 1.165) is 5.69 Å². The molecule has 0 N–H and O–H groups in total. The second-order valence-electron chi connectivity index (χ2n) is 3.18. The van der Waals surface area contributed by atoms with Crippen molar-refractivity contribution in [2.75, 3.05) is 0 Å². The van der Waals surface area contributed by atoms with Crippen molar-refractivity contribution in [2.45, 2.75) is 27.7 Å². The second-order valence-corrected chi connectivity index (χ2v) is 3.18. The van der Waals surface area contributed by atoms with Crippen LogP contribution >= 0.6 is 0 Å². The van der Waals surface area contributed by atoms with Gasteiger partial charge in [-0.25, -0.2) is 0 Å². The number of nitrogens with zero attached hydrogens (tertiary/aromatic N) is 1. The van der Waals surface area contributed by atoms with Gasteiger partial charge in [-0.2, -0.15) is 0 Å². The van der Waals surface area contributed by atoms with Gasteiger partial charge in [-0.3, -0.25) is 4.98 Å². The van der Waals surface area contributed by atoms with E-state index in [1.807, 2.05) is 27.0 Å². The minimum absolute atomic E-state index is 1.08. The summed E-state index contributed by atoms with van der Waals surface area (Å²) in [6.07, 6.45) is 1.92. The Morgan fingerprint density at radius 2 is 1.64 bits per heavy atom. The number of hydrogen-bond donors (Lipinski definition) is 0. The third-order valence-electron chi connectivity index (χ3n) is 2.01. The summed E-state index contributed by atoms with van der Waals surface area (Å²) in [5.74, 6) is 0. The Labute approximate surface area is 85.8 Å². The normalized spacial score (nSPS) is 9.43. The van der Waals surface area contributed by atoms with Crippen molar-refractivity contribution in [3.05, 3.63) is 41.7 Å². The molecule has 1 heteroatoms. The van der Waals surface area contributed by atoms with Gasteiger partial charge in [0.05, 0.1) is 0 Å². The molecule has 1 aromatic heterocycles. The van der Waals surface area contributed by atoms with Crippen molar-refractivity contribution in [3.8, 4) is 0 Å². The third kappa shape index (κ3) is 2.32. The molecule has 0 atom stereocenters. The third-order valence-corrected chi connectivity index (χ3v) is 2.01. The lowest BCUT2D eigenvalue weighted by atomic mass is 10.1. The van der Waals surface area contributed by atoms with Crippen LogP contribution in [0.5, 0.6) is 0 Å². The maximum atomic E-state index is 4.24. The summed E-state index contributed by atoms with van der Waals surface area (Å²) >= 11 is 0. The van der Waals surface area contributed by atoms with Crippen molar-refractivity contribution >= 4 is 10.8 Å². The smallest absolute Gasteiger partial charge is 0.0379 e. The van der Waals surface area contributed by atoms with Crippen LogP contribution in [0.15, 0.2) is 30.5 Å². The van der Waals surface area contributed by atoms with E-state index in [-0.39, 0.29) is 0 Å². The van der Waals surface area contributed by atoms with Crippen LogP contribution in [0.4, 0.5) is 0 Å². The molecule has 14 heavy (non-hydrogen) atoms. The van der Waals surface area contributed by atoms with E-state index in [9.17, 15) is 0 Å². The van der Waals surface area contributed by atoms with Gasteiger partial charge in [0.25, 0.3) is 0 Å². The fourth-order valence-electron chi connectivity index (χ4n) is 1.37. The lowest BCUT2D eigenvalue weighted by Gasteiger charge is -1.99. The van der Waals surface area contributed by atoms with Crippen molar-refractivity contribution in [2.24, 2.45) is 0 Å². The minimum atomic E-state index is 1.08. The van der Waals surface area contributed by atoms with Gasteiger partial charge in [0.1, 0.15) is 0 Å². The SMILES string of the molecule is CC.Cc1ccc2cnc(C)cc2c1. The first kappa shape index (κ1) is 10.7. The quantitative estimate of drug-likeness (QED) is 0.610. The molecule has 1 nitrogen and oxygen atoms in total. The first-order valence-corrected chi connectivity index (χ1v) is 5.09. The minimum Gasteiger partial charge on any atom is -0.261 e. The van der Waals surface area contributed by atoms with Gasteiger partial charge in [0.2, 0.25) is 0 Å². The molecule has 2 rings (SSSR count). The van der Waals surface area contributed by atoms with E-state index in [0.29, 0.717) is 0 Å². The fraction of sp³-hybridized carbons (Fsp3) is 0.308. The zero-order valence-corrected chi connectivity index (χ0v) is 9.33. The summed E-state index contributed by atoms with van der Waals surface area (Å²) < 4.78 is 0. The van der Waals surface area contributed by atoms with Gasteiger partial charge >= 0.3 is 0 Å². The van der Waals surface area contributed by atoms with Crippen LogP contribution < -0.4 is 0 Å². The summed E-state index contributed by atoms with van der Waals surface area (Å²) in [6.45, 7) is 8.12. The molecule has 0 amide bonds. The van der Waals surface area contributed by atoms with Gasteiger partial charge in [0.15, 0.2) is 0 Å². The molecule has 2 aromatic rings. The molecule has 0 spiro atoms. The first-order valence-electron chi connectivity index (χ1n) is 5.09. The van der Waals surface area contributed by atoms with Crippen LogP contribution in [0.2, 0.25) is 0 Å². The molecule has 0 radical (unpaired) electrons. The van der Waals surface area contributed by atoms with Gasteiger partial charge in [0, 0.05) is 17.3 Å². The van der Waals surface area contributed by atoms with E-state index < -0.39 is 0 Å². The number of aryl methyl sites for hydroxylation is 2. The number of aromatic nitrogens is 1. The van der Waals surface area contributed by atoms with Crippen molar-refractivity contribution in [3.63, 3.8) is 0 Å². The molecule has 0 saturated heterocycles. The van der Waals surface area contributed by atoms with Crippen molar-refractivity contribution in [1.82, 2.24) is 4.98 Å². The molecule has 0 fully saturated rings. The van der Waals surface area contributed by atoms with E-state index in [2.05, 4.69) is 36.2 Å². The van der Waals surface area contributed by atoms with Crippen LogP contribution in [0.3, 0.4) is 0 Å². The second kappa shape index (κ2) is 4.75. The molecule has 0 unspecified atom stereocenters. The molecular formula is C13H17N. The monoisotopic (exact) mass is 187 g/mol. The lowest BCUT2D eigenvalue weighted by molar-refractivity contribution is 1.22. The predicted molar refractivity (Wildman–Crippen MR) is 62.6 cm³/mol. The maximum absolute atomic E-state index is 4.24.